The normalized spacial score (nSPS) is 14.3. The average molecular weight is 327 g/mol. The average Bonchev–Trinajstić information content (AvgIpc) is 2.43. The van der Waals surface area contributed by atoms with Crippen molar-refractivity contribution in [3.8, 4) is 0 Å². The topological polar surface area (TPSA) is 24.9 Å². The summed E-state index contributed by atoms with van der Waals surface area (Å²) in [6, 6.07) is 4.42. The highest BCUT2D eigenvalue weighted by Gasteiger charge is 2.19. The summed E-state index contributed by atoms with van der Waals surface area (Å²) in [6.07, 6.45) is 8.28. The highest BCUT2D eigenvalue weighted by molar-refractivity contribution is 9.10. The molecule has 0 saturated carbocycles. The molecule has 1 rings (SSSR count). The minimum atomic E-state index is 0.363. The Morgan fingerprint density at radius 1 is 1.32 bits per heavy atom. The third-order valence-corrected chi connectivity index (χ3v) is 4.35. The van der Waals surface area contributed by atoms with Crippen molar-refractivity contribution in [1.29, 1.82) is 0 Å². The van der Waals surface area contributed by atoms with Crippen molar-refractivity contribution in [2.24, 2.45) is 5.92 Å². The van der Waals surface area contributed by atoms with E-state index in [0.29, 0.717) is 6.04 Å². The number of nitrogens with one attached hydrogen (secondary N) is 1. The second-order valence-corrected chi connectivity index (χ2v) is 5.99. The number of hydrogen-bond donors (Lipinski definition) is 1. The van der Waals surface area contributed by atoms with Crippen LogP contribution in [-0.4, -0.2) is 11.5 Å². The maximum absolute atomic E-state index is 4.56. The molecule has 2 unspecified atom stereocenters. The van der Waals surface area contributed by atoms with E-state index in [1.807, 2.05) is 12.3 Å². The van der Waals surface area contributed by atoms with Crippen LogP contribution in [0.3, 0.4) is 0 Å². The van der Waals surface area contributed by atoms with Crippen molar-refractivity contribution < 1.29 is 0 Å². The molecular weight excluding hydrogens is 300 g/mol. The number of rotatable bonds is 9. The first-order valence-electron chi connectivity index (χ1n) is 7.56. The molecule has 0 radical (unpaired) electrons. The zero-order valence-corrected chi connectivity index (χ0v) is 14.0. The molecule has 0 aliphatic carbocycles. The molecular formula is C16H27BrN2. The van der Waals surface area contributed by atoms with Crippen LogP contribution in [0, 0.1) is 5.92 Å². The van der Waals surface area contributed by atoms with Gasteiger partial charge in [0, 0.05) is 10.7 Å². The zero-order valence-electron chi connectivity index (χ0n) is 12.5. The molecule has 0 saturated heterocycles. The van der Waals surface area contributed by atoms with Crippen LogP contribution in [0.4, 0.5) is 0 Å². The number of halogens is 1. The van der Waals surface area contributed by atoms with E-state index in [2.05, 4.69) is 53.1 Å². The Morgan fingerprint density at radius 3 is 2.68 bits per heavy atom. The molecule has 0 aliphatic rings. The Hall–Kier alpha value is -0.410. The van der Waals surface area contributed by atoms with Gasteiger partial charge in [-0.05, 0) is 46.9 Å². The number of aromatic nitrogens is 1. The fourth-order valence-corrected chi connectivity index (χ4v) is 3.04. The maximum atomic E-state index is 4.56. The smallest absolute Gasteiger partial charge is 0.0714 e. The number of hydrogen-bond acceptors (Lipinski definition) is 2. The van der Waals surface area contributed by atoms with Crippen LogP contribution >= 0.6 is 15.9 Å². The van der Waals surface area contributed by atoms with Crippen LogP contribution in [0.5, 0.6) is 0 Å². The first-order valence-corrected chi connectivity index (χ1v) is 8.35. The lowest BCUT2D eigenvalue weighted by Crippen LogP contribution is -2.24. The van der Waals surface area contributed by atoms with Crippen molar-refractivity contribution in [2.75, 3.05) is 6.54 Å². The van der Waals surface area contributed by atoms with E-state index in [9.17, 15) is 0 Å². The molecule has 1 aromatic rings. The lowest BCUT2D eigenvalue weighted by molar-refractivity contribution is 0.352. The van der Waals surface area contributed by atoms with Gasteiger partial charge < -0.3 is 5.32 Å². The first-order chi connectivity index (χ1) is 9.22. The molecule has 0 amide bonds. The fraction of sp³-hybridized carbons (Fsp3) is 0.688. The van der Waals surface area contributed by atoms with Gasteiger partial charge in [-0.25, -0.2) is 0 Å². The summed E-state index contributed by atoms with van der Waals surface area (Å²) >= 11 is 3.63. The summed E-state index contributed by atoms with van der Waals surface area (Å²) in [5.74, 6) is 0.790. The lowest BCUT2D eigenvalue weighted by atomic mass is 9.90. The van der Waals surface area contributed by atoms with Crippen LogP contribution in [0.1, 0.15) is 64.6 Å². The molecule has 2 nitrogen and oxygen atoms in total. The van der Waals surface area contributed by atoms with Crippen LogP contribution in [0.15, 0.2) is 22.8 Å². The van der Waals surface area contributed by atoms with E-state index in [-0.39, 0.29) is 0 Å². The van der Waals surface area contributed by atoms with E-state index >= 15 is 0 Å². The summed E-state index contributed by atoms with van der Waals surface area (Å²) in [5, 5.41) is 3.59. The van der Waals surface area contributed by atoms with Crippen molar-refractivity contribution in [2.45, 2.75) is 58.9 Å². The van der Waals surface area contributed by atoms with Gasteiger partial charge in [0.25, 0.3) is 0 Å². The molecule has 1 heterocycles. The van der Waals surface area contributed by atoms with Crippen molar-refractivity contribution in [3.63, 3.8) is 0 Å². The van der Waals surface area contributed by atoms with Crippen LogP contribution in [0.2, 0.25) is 0 Å². The van der Waals surface area contributed by atoms with Gasteiger partial charge in [0.15, 0.2) is 0 Å². The van der Waals surface area contributed by atoms with Gasteiger partial charge in [-0.1, -0.05) is 46.5 Å². The standard InChI is InChI=1S/C16H27BrN2/c1-4-7-9-13(5-2)12-15(18-6-3)16-14(17)10-8-11-19-16/h8,10-11,13,15,18H,4-7,9,12H2,1-3H3. The zero-order chi connectivity index (χ0) is 14.1. The van der Waals surface area contributed by atoms with Crippen molar-refractivity contribution in [3.05, 3.63) is 28.5 Å². The molecule has 0 spiro atoms. The molecule has 2 atom stereocenters. The number of pyridine rings is 1. The van der Waals surface area contributed by atoms with Crippen LogP contribution in [0.25, 0.3) is 0 Å². The predicted molar refractivity (Wildman–Crippen MR) is 86.3 cm³/mol. The summed E-state index contributed by atoms with van der Waals surface area (Å²) in [5.41, 5.74) is 1.15. The van der Waals surface area contributed by atoms with Gasteiger partial charge in [0.05, 0.1) is 11.7 Å². The fourth-order valence-electron chi connectivity index (χ4n) is 2.51. The van der Waals surface area contributed by atoms with E-state index in [1.165, 1.54) is 32.1 Å². The third-order valence-electron chi connectivity index (χ3n) is 3.68. The quantitative estimate of drug-likeness (QED) is 0.682. The number of nitrogens with zero attached hydrogens (tertiary/aromatic N) is 1. The van der Waals surface area contributed by atoms with E-state index in [1.54, 1.807) is 0 Å². The summed E-state index contributed by atoms with van der Waals surface area (Å²) in [6.45, 7) is 7.72. The Kier molecular flexibility index (Phi) is 8.31. The molecule has 3 heteroatoms. The second-order valence-electron chi connectivity index (χ2n) is 5.13. The molecule has 0 aliphatic heterocycles. The Bertz CT molecular complexity index is 354. The van der Waals surface area contributed by atoms with Gasteiger partial charge >= 0.3 is 0 Å². The molecule has 19 heavy (non-hydrogen) atoms. The SMILES string of the molecule is CCCCC(CC)CC(NCC)c1ncccc1Br. The Labute approximate surface area is 126 Å². The van der Waals surface area contributed by atoms with Crippen LogP contribution < -0.4 is 5.32 Å². The van der Waals surface area contributed by atoms with E-state index < -0.39 is 0 Å². The van der Waals surface area contributed by atoms with E-state index in [0.717, 1.165) is 22.6 Å². The Balaban J connectivity index is 2.74. The monoisotopic (exact) mass is 326 g/mol. The van der Waals surface area contributed by atoms with Gasteiger partial charge in [-0.3, -0.25) is 4.98 Å². The highest BCUT2D eigenvalue weighted by Crippen LogP contribution is 2.29. The van der Waals surface area contributed by atoms with Crippen molar-refractivity contribution in [1.82, 2.24) is 10.3 Å². The maximum Gasteiger partial charge on any atom is 0.0714 e. The largest absolute Gasteiger partial charge is 0.309 e. The summed E-state index contributed by atoms with van der Waals surface area (Å²) in [4.78, 5) is 4.56. The summed E-state index contributed by atoms with van der Waals surface area (Å²) < 4.78 is 1.12. The lowest BCUT2D eigenvalue weighted by Gasteiger charge is -2.24. The molecule has 0 bridgehead atoms. The molecule has 108 valence electrons. The molecule has 0 fully saturated rings. The first kappa shape index (κ1) is 16.6. The van der Waals surface area contributed by atoms with E-state index in [4.69, 9.17) is 0 Å². The molecule has 1 N–H and O–H groups in total. The number of unbranched alkanes of at least 4 members (excludes halogenated alkanes) is 1. The predicted octanol–water partition coefficient (Wildman–Crippen LogP) is 5.10. The highest BCUT2D eigenvalue weighted by atomic mass is 79.9. The van der Waals surface area contributed by atoms with Crippen molar-refractivity contribution >= 4 is 15.9 Å². The van der Waals surface area contributed by atoms with Gasteiger partial charge in [0.2, 0.25) is 0 Å². The minimum absolute atomic E-state index is 0.363. The molecule has 1 aromatic heterocycles. The second kappa shape index (κ2) is 9.49. The summed E-state index contributed by atoms with van der Waals surface area (Å²) in [7, 11) is 0. The minimum Gasteiger partial charge on any atom is -0.309 e. The molecule has 0 aromatic carbocycles. The van der Waals surface area contributed by atoms with Gasteiger partial charge in [0.1, 0.15) is 0 Å². The van der Waals surface area contributed by atoms with Gasteiger partial charge in [-0.15, -0.1) is 0 Å². The third kappa shape index (κ3) is 5.62. The van der Waals surface area contributed by atoms with Gasteiger partial charge in [-0.2, -0.15) is 0 Å². The Morgan fingerprint density at radius 2 is 2.11 bits per heavy atom. The van der Waals surface area contributed by atoms with Crippen LogP contribution in [-0.2, 0) is 0 Å².